The Balaban J connectivity index is 1.82. The number of nitrogens with zero attached hydrogens (tertiary/aromatic N) is 3. The fourth-order valence-electron chi connectivity index (χ4n) is 2.77. The number of halogens is 1. The van der Waals surface area contributed by atoms with E-state index in [1.807, 2.05) is 31.2 Å². The molecule has 0 saturated carbocycles. The molecule has 0 unspecified atom stereocenters. The van der Waals surface area contributed by atoms with Gasteiger partial charge in [0, 0.05) is 30.5 Å². The van der Waals surface area contributed by atoms with Gasteiger partial charge in [0.1, 0.15) is 11.6 Å². The number of aryl methyl sites for hydroxylation is 1. The van der Waals surface area contributed by atoms with Crippen molar-refractivity contribution in [2.24, 2.45) is 0 Å². The van der Waals surface area contributed by atoms with Gasteiger partial charge in [-0.15, -0.1) is 0 Å². The zero-order valence-corrected chi connectivity index (χ0v) is 14.2. The highest BCUT2D eigenvalue weighted by molar-refractivity contribution is 6.32. The summed E-state index contributed by atoms with van der Waals surface area (Å²) in [4.78, 5) is 11.5. The lowest BCUT2D eigenvalue weighted by atomic mass is 10.1. The van der Waals surface area contributed by atoms with Gasteiger partial charge in [0.25, 0.3) is 0 Å². The van der Waals surface area contributed by atoms with E-state index in [-0.39, 0.29) is 0 Å². The van der Waals surface area contributed by atoms with Gasteiger partial charge in [-0.1, -0.05) is 11.6 Å². The van der Waals surface area contributed by atoms with Gasteiger partial charge < -0.3 is 15.0 Å². The molecule has 1 aliphatic rings. The normalized spacial score (nSPS) is 14.7. The zero-order valence-electron chi connectivity index (χ0n) is 13.5. The molecule has 1 aromatic heterocycles. The van der Waals surface area contributed by atoms with Crippen LogP contribution >= 0.6 is 11.6 Å². The summed E-state index contributed by atoms with van der Waals surface area (Å²) in [6, 6.07) is 7.58. The summed E-state index contributed by atoms with van der Waals surface area (Å²) in [5, 5.41) is 3.78. The summed E-state index contributed by atoms with van der Waals surface area (Å²) in [7, 11) is 1.60. The van der Waals surface area contributed by atoms with Crippen LogP contribution < -0.4 is 15.0 Å². The monoisotopic (exact) mass is 332 g/mol. The highest BCUT2D eigenvalue weighted by Gasteiger charge is 2.14. The Labute approximate surface area is 141 Å². The van der Waals surface area contributed by atoms with Crippen LogP contribution in [0.2, 0.25) is 5.02 Å². The van der Waals surface area contributed by atoms with Crippen LogP contribution in [0.5, 0.6) is 5.75 Å². The summed E-state index contributed by atoms with van der Waals surface area (Å²) >= 11 is 6.17. The van der Waals surface area contributed by atoms with Gasteiger partial charge in [0.15, 0.2) is 0 Å². The third kappa shape index (κ3) is 3.85. The van der Waals surface area contributed by atoms with Crippen LogP contribution in [0.15, 0.2) is 24.3 Å². The molecule has 3 rings (SSSR count). The molecule has 0 aliphatic carbocycles. The van der Waals surface area contributed by atoms with Crippen molar-refractivity contribution in [1.29, 1.82) is 0 Å². The van der Waals surface area contributed by atoms with Crippen LogP contribution in [0.3, 0.4) is 0 Å². The minimum atomic E-state index is 0.557. The van der Waals surface area contributed by atoms with E-state index >= 15 is 0 Å². The molecular formula is C17H21ClN4O. The number of aromatic nitrogens is 2. The van der Waals surface area contributed by atoms with Crippen LogP contribution in [0.4, 0.5) is 17.5 Å². The smallest absolute Gasteiger partial charge is 0.229 e. The summed E-state index contributed by atoms with van der Waals surface area (Å²) in [6.45, 7) is 4.11. The number of methoxy groups -OCH3 is 1. The standard InChI is InChI=1S/C17H21ClN4O/c1-12-10-16(22-8-4-3-5-9-22)21-17(19-12)20-13-6-7-15(23-2)14(18)11-13/h6-7,10-11H,3-5,8-9H2,1-2H3,(H,19,20,21). The lowest BCUT2D eigenvalue weighted by Gasteiger charge is -2.28. The van der Waals surface area contributed by atoms with Gasteiger partial charge >= 0.3 is 0 Å². The summed E-state index contributed by atoms with van der Waals surface area (Å²) < 4.78 is 5.17. The van der Waals surface area contributed by atoms with Crippen molar-refractivity contribution in [2.75, 3.05) is 30.4 Å². The van der Waals surface area contributed by atoms with E-state index in [0.717, 1.165) is 30.3 Å². The molecule has 2 aromatic rings. The summed E-state index contributed by atoms with van der Waals surface area (Å²) in [5.41, 5.74) is 1.79. The van der Waals surface area contributed by atoms with Gasteiger partial charge in [-0.25, -0.2) is 4.98 Å². The molecule has 2 heterocycles. The zero-order chi connectivity index (χ0) is 16.2. The second-order valence-electron chi connectivity index (χ2n) is 5.71. The number of rotatable bonds is 4. The Bertz CT molecular complexity index is 686. The Hall–Kier alpha value is -2.01. The number of nitrogens with one attached hydrogen (secondary N) is 1. The molecule has 0 amide bonds. The minimum absolute atomic E-state index is 0.557. The molecule has 1 saturated heterocycles. The number of hydrogen-bond donors (Lipinski definition) is 1. The predicted octanol–water partition coefficient (Wildman–Crippen LogP) is 4.18. The van der Waals surface area contributed by atoms with Crippen LogP contribution in [-0.2, 0) is 0 Å². The molecule has 23 heavy (non-hydrogen) atoms. The molecule has 6 heteroatoms. The molecule has 1 aliphatic heterocycles. The van der Waals surface area contributed by atoms with E-state index in [2.05, 4.69) is 20.2 Å². The van der Waals surface area contributed by atoms with Gasteiger partial charge in [-0.2, -0.15) is 4.98 Å². The largest absolute Gasteiger partial charge is 0.495 e. The van der Waals surface area contributed by atoms with Crippen molar-refractivity contribution < 1.29 is 4.74 Å². The molecule has 0 atom stereocenters. The first kappa shape index (κ1) is 15.9. The highest BCUT2D eigenvalue weighted by atomic mass is 35.5. The van der Waals surface area contributed by atoms with Crippen LogP contribution in [0.1, 0.15) is 25.0 Å². The van der Waals surface area contributed by atoms with E-state index in [0.29, 0.717) is 16.7 Å². The van der Waals surface area contributed by atoms with Crippen molar-refractivity contribution in [3.63, 3.8) is 0 Å². The lowest BCUT2D eigenvalue weighted by Crippen LogP contribution is -2.30. The summed E-state index contributed by atoms with van der Waals surface area (Å²) in [6.07, 6.45) is 3.75. The quantitative estimate of drug-likeness (QED) is 0.910. The number of piperidine rings is 1. The third-order valence-corrected chi connectivity index (χ3v) is 4.22. The van der Waals surface area contributed by atoms with E-state index in [1.54, 1.807) is 7.11 Å². The van der Waals surface area contributed by atoms with Crippen LogP contribution in [0, 0.1) is 6.92 Å². The van der Waals surface area contributed by atoms with Gasteiger partial charge in [-0.05, 0) is 44.4 Å². The maximum absolute atomic E-state index is 6.17. The Morgan fingerprint density at radius 3 is 2.61 bits per heavy atom. The molecule has 1 N–H and O–H groups in total. The Kier molecular flexibility index (Phi) is 4.86. The lowest BCUT2D eigenvalue weighted by molar-refractivity contribution is 0.415. The first-order valence-electron chi connectivity index (χ1n) is 7.87. The second kappa shape index (κ2) is 7.04. The molecule has 1 fully saturated rings. The fraction of sp³-hybridized carbons (Fsp3) is 0.412. The maximum Gasteiger partial charge on any atom is 0.229 e. The Morgan fingerprint density at radius 1 is 1.13 bits per heavy atom. The number of hydrogen-bond acceptors (Lipinski definition) is 5. The Morgan fingerprint density at radius 2 is 1.91 bits per heavy atom. The maximum atomic E-state index is 6.17. The van der Waals surface area contributed by atoms with E-state index in [9.17, 15) is 0 Å². The van der Waals surface area contributed by atoms with Gasteiger partial charge in [0.2, 0.25) is 5.95 Å². The molecule has 1 aromatic carbocycles. The molecular weight excluding hydrogens is 312 g/mol. The van der Waals surface area contributed by atoms with Crippen molar-refractivity contribution >= 4 is 29.1 Å². The van der Waals surface area contributed by atoms with Crippen molar-refractivity contribution in [3.8, 4) is 5.75 Å². The van der Waals surface area contributed by atoms with E-state index in [1.165, 1.54) is 19.3 Å². The van der Waals surface area contributed by atoms with Crippen LogP contribution in [0.25, 0.3) is 0 Å². The van der Waals surface area contributed by atoms with E-state index < -0.39 is 0 Å². The van der Waals surface area contributed by atoms with Gasteiger partial charge in [0.05, 0.1) is 12.1 Å². The third-order valence-electron chi connectivity index (χ3n) is 3.93. The number of benzene rings is 1. The fourth-order valence-corrected chi connectivity index (χ4v) is 3.02. The SMILES string of the molecule is COc1ccc(Nc2nc(C)cc(N3CCCCC3)n2)cc1Cl. The van der Waals surface area contributed by atoms with Crippen molar-refractivity contribution in [2.45, 2.75) is 26.2 Å². The first-order chi connectivity index (χ1) is 11.2. The predicted molar refractivity (Wildman–Crippen MR) is 94.1 cm³/mol. The molecule has 5 nitrogen and oxygen atoms in total. The molecule has 0 bridgehead atoms. The van der Waals surface area contributed by atoms with Gasteiger partial charge in [-0.3, -0.25) is 0 Å². The highest BCUT2D eigenvalue weighted by Crippen LogP contribution is 2.28. The summed E-state index contributed by atoms with van der Waals surface area (Å²) in [5.74, 6) is 2.22. The molecule has 0 radical (unpaired) electrons. The average molecular weight is 333 g/mol. The second-order valence-corrected chi connectivity index (χ2v) is 6.12. The topological polar surface area (TPSA) is 50.3 Å². The molecule has 122 valence electrons. The number of anilines is 3. The average Bonchev–Trinajstić information content (AvgIpc) is 2.55. The van der Waals surface area contributed by atoms with E-state index in [4.69, 9.17) is 16.3 Å². The van der Waals surface area contributed by atoms with Crippen LogP contribution in [-0.4, -0.2) is 30.2 Å². The number of ether oxygens (including phenoxy) is 1. The van der Waals surface area contributed by atoms with Crippen molar-refractivity contribution in [1.82, 2.24) is 9.97 Å². The first-order valence-corrected chi connectivity index (χ1v) is 8.25. The minimum Gasteiger partial charge on any atom is -0.495 e. The van der Waals surface area contributed by atoms with Crippen molar-refractivity contribution in [3.05, 3.63) is 35.0 Å². The molecule has 0 spiro atoms.